The van der Waals surface area contributed by atoms with E-state index in [1.807, 2.05) is 4.90 Å². The highest BCUT2D eigenvalue weighted by molar-refractivity contribution is 5.76. The van der Waals surface area contributed by atoms with Gasteiger partial charge in [-0.25, -0.2) is 9.67 Å². The summed E-state index contributed by atoms with van der Waals surface area (Å²) in [6.45, 7) is 2.07. The van der Waals surface area contributed by atoms with Crippen molar-refractivity contribution < 1.29 is 4.79 Å². The predicted molar refractivity (Wildman–Crippen MR) is 71.1 cm³/mol. The number of fused-ring (bicyclic) bond motifs is 1. The monoisotopic (exact) mass is 263 g/mol. The number of carbonyl (C=O) groups excluding carboxylic acids is 1. The maximum atomic E-state index is 12.2. The Morgan fingerprint density at radius 3 is 2.84 bits per heavy atom. The van der Waals surface area contributed by atoms with Crippen molar-refractivity contribution in [3.63, 3.8) is 0 Å². The van der Waals surface area contributed by atoms with Gasteiger partial charge in [0.05, 0.1) is 0 Å². The van der Waals surface area contributed by atoms with Crippen molar-refractivity contribution >= 4 is 11.9 Å². The van der Waals surface area contributed by atoms with Crippen LogP contribution in [0.1, 0.15) is 32.1 Å². The number of carbonyl (C=O) groups is 1. The number of hydrogen-bond acceptors (Lipinski definition) is 4. The van der Waals surface area contributed by atoms with Crippen molar-refractivity contribution in [2.45, 2.75) is 38.6 Å². The molecular weight excluding hydrogens is 242 g/mol. The Bertz CT molecular complexity index is 458. The van der Waals surface area contributed by atoms with Crippen LogP contribution in [0, 0.1) is 11.8 Å². The van der Waals surface area contributed by atoms with Crippen molar-refractivity contribution in [1.82, 2.24) is 19.7 Å². The van der Waals surface area contributed by atoms with E-state index in [0.717, 1.165) is 25.4 Å². The summed E-state index contributed by atoms with van der Waals surface area (Å²) < 4.78 is 1.52. The number of aromatic nitrogens is 3. The molecule has 6 nitrogen and oxygen atoms in total. The first-order valence-corrected chi connectivity index (χ1v) is 7.15. The summed E-state index contributed by atoms with van der Waals surface area (Å²) >= 11 is 0. The fraction of sp³-hybridized carbons (Fsp3) is 0.769. The van der Waals surface area contributed by atoms with Crippen LogP contribution in [0.5, 0.6) is 0 Å². The number of piperidine rings is 1. The Kier molecular flexibility index (Phi) is 3.40. The van der Waals surface area contributed by atoms with Gasteiger partial charge in [0.2, 0.25) is 11.9 Å². The quantitative estimate of drug-likeness (QED) is 0.860. The second-order valence-electron chi connectivity index (χ2n) is 5.73. The third-order valence-electron chi connectivity index (χ3n) is 4.50. The van der Waals surface area contributed by atoms with Gasteiger partial charge in [-0.15, -0.1) is 5.10 Å². The molecule has 0 bridgehead atoms. The summed E-state index contributed by atoms with van der Waals surface area (Å²) in [6, 6.07) is 0. The summed E-state index contributed by atoms with van der Waals surface area (Å²) in [6.07, 6.45) is 8.00. The van der Waals surface area contributed by atoms with E-state index in [-0.39, 0.29) is 18.4 Å². The van der Waals surface area contributed by atoms with E-state index in [9.17, 15) is 4.79 Å². The van der Waals surface area contributed by atoms with Gasteiger partial charge >= 0.3 is 0 Å². The maximum Gasteiger partial charge on any atom is 0.244 e. The second-order valence-corrected chi connectivity index (χ2v) is 5.73. The van der Waals surface area contributed by atoms with Crippen LogP contribution in [-0.2, 0) is 11.3 Å². The molecule has 2 fully saturated rings. The largest absolute Gasteiger partial charge is 0.367 e. The Morgan fingerprint density at radius 1 is 1.32 bits per heavy atom. The number of rotatable bonds is 2. The first-order chi connectivity index (χ1) is 9.22. The lowest BCUT2D eigenvalue weighted by atomic mass is 9.75. The molecule has 2 N–H and O–H groups in total. The normalized spacial score (nSPS) is 27.1. The summed E-state index contributed by atoms with van der Waals surface area (Å²) in [5, 5.41) is 3.96. The van der Waals surface area contributed by atoms with Crippen molar-refractivity contribution in [2.75, 3.05) is 18.8 Å². The Morgan fingerprint density at radius 2 is 2.11 bits per heavy atom. The Balaban J connectivity index is 1.58. The fourth-order valence-electron chi connectivity index (χ4n) is 3.45. The molecule has 19 heavy (non-hydrogen) atoms. The van der Waals surface area contributed by atoms with Gasteiger partial charge in [0.25, 0.3) is 0 Å². The molecule has 6 heteroatoms. The molecule has 2 aliphatic rings. The lowest BCUT2D eigenvalue weighted by Gasteiger charge is -2.41. The van der Waals surface area contributed by atoms with Gasteiger partial charge in [-0.3, -0.25) is 4.79 Å². The Labute approximate surface area is 113 Å². The van der Waals surface area contributed by atoms with Gasteiger partial charge in [-0.05, 0) is 24.7 Å². The van der Waals surface area contributed by atoms with E-state index in [1.54, 1.807) is 0 Å². The van der Waals surface area contributed by atoms with Gasteiger partial charge in [0, 0.05) is 13.1 Å². The number of anilines is 1. The molecular formula is C13H21N5O. The Hall–Kier alpha value is -1.59. The first-order valence-electron chi connectivity index (χ1n) is 7.15. The van der Waals surface area contributed by atoms with Gasteiger partial charge in [-0.1, -0.05) is 19.3 Å². The summed E-state index contributed by atoms with van der Waals surface area (Å²) in [5.74, 6) is 1.92. The van der Waals surface area contributed by atoms with Crippen molar-refractivity contribution in [3.05, 3.63) is 6.33 Å². The molecule has 2 unspecified atom stereocenters. The molecule has 1 aromatic heterocycles. The third kappa shape index (κ3) is 2.72. The summed E-state index contributed by atoms with van der Waals surface area (Å²) in [5.41, 5.74) is 5.45. The minimum Gasteiger partial charge on any atom is -0.367 e. The highest BCUT2D eigenvalue weighted by Gasteiger charge is 2.32. The number of likely N-dealkylation sites (tertiary alicyclic amines) is 1. The van der Waals surface area contributed by atoms with Crippen LogP contribution < -0.4 is 5.73 Å². The summed E-state index contributed by atoms with van der Waals surface area (Å²) in [4.78, 5) is 18.1. The molecule has 0 aromatic carbocycles. The minimum absolute atomic E-state index is 0.133. The number of nitrogen functional groups attached to an aromatic ring is 1. The van der Waals surface area contributed by atoms with Crippen molar-refractivity contribution in [3.8, 4) is 0 Å². The van der Waals surface area contributed by atoms with E-state index in [1.165, 1.54) is 36.7 Å². The van der Waals surface area contributed by atoms with Crippen LogP contribution in [0.4, 0.5) is 5.95 Å². The number of nitrogens with two attached hydrogens (primary N) is 1. The molecule has 1 aliphatic carbocycles. The molecule has 1 aliphatic heterocycles. The van der Waals surface area contributed by atoms with Gasteiger partial charge in [0.15, 0.2) is 0 Å². The molecule has 0 radical (unpaired) electrons. The molecule has 3 rings (SSSR count). The zero-order valence-electron chi connectivity index (χ0n) is 11.2. The predicted octanol–water partition coefficient (Wildman–Crippen LogP) is 0.899. The van der Waals surface area contributed by atoms with Crippen LogP contribution in [0.25, 0.3) is 0 Å². The van der Waals surface area contributed by atoms with Gasteiger partial charge in [-0.2, -0.15) is 0 Å². The first kappa shape index (κ1) is 12.4. The lowest BCUT2D eigenvalue weighted by Crippen LogP contribution is -2.45. The van der Waals surface area contributed by atoms with Crippen molar-refractivity contribution in [1.29, 1.82) is 0 Å². The standard InChI is InChI=1S/C13H21N5O/c14-13-15-9-18(16-13)8-12(19)17-6-5-10-3-1-2-4-11(10)7-17/h9-11H,1-8H2,(H2,14,16). The van der Waals surface area contributed by atoms with E-state index in [4.69, 9.17) is 5.73 Å². The van der Waals surface area contributed by atoms with E-state index in [0.29, 0.717) is 5.92 Å². The lowest BCUT2D eigenvalue weighted by molar-refractivity contribution is -0.135. The highest BCUT2D eigenvalue weighted by Crippen LogP contribution is 2.36. The van der Waals surface area contributed by atoms with E-state index < -0.39 is 0 Å². The molecule has 1 saturated heterocycles. The van der Waals surface area contributed by atoms with Crippen LogP contribution in [0.3, 0.4) is 0 Å². The zero-order valence-corrected chi connectivity index (χ0v) is 11.2. The highest BCUT2D eigenvalue weighted by atomic mass is 16.2. The second kappa shape index (κ2) is 5.19. The number of hydrogen-bond donors (Lipinski definition) is 1. The van der Waals surface area contributed by atoms with E-state index in [2.05, 4.69) is 10.1 Å². The van der Waals surface area contributed by atoms with Crippen LogP contribution in [0.15, 0.2) is 6.33 Å². The zero-order chi connectivity index (χ0) is 13.2. The van der Waals surface area contributed by atoms with Crippen LogP contribution >= 0.6 is 0 Å². The topological polar surface area (TPSA) is 77.0 Å². The van der Waals surface area contributed by atoms with E-state index >= 15 is 0 Å². The molecule has 1 amide bonds. The molecule has 104 valence electrons. The molecule has 2 heterocycles. The summed E-state index contributed by atoms with van der Waals surface area (Å²) in [7, 11) is 0. The molecule has 1 saturated carbocycles. The van der Waals surface area contributed by atoms with Crippen LogP contribution in [0.2, 0.25) is 0 Å². The smallest absolute Gasteiger partial charge is 0.244 e. The number of nitrogens with zero attached hydrogens (tertiary/aromatic N) is 4. The SMILES string of the molecule is Nc1ncn(CC(=O)N2CCC3CCCCC3C2)n1. The van der Waals surface area contributed by atoms with Gasteiger partial charge < -0.3 is 10.6 Å². The molecule has 0 spiro atoms. The third-order valence-corrected chi connectivity index (χ3v) is 4.50. The van der Waals surface area contributed by atoms with Crippen LogP contribution in [-0.4, -0.2) is 38.7 Å². The fourth-order valence-corrected chi connectivity index (χ4v) is 3.45. The number of amides is 1. The molecule has 2 atom stereocenters. The van der Waals surface area contributed by atoms with Crippen molar-refractivity contribution in [2.24, 2.45) is 11.8 Å². The maximum absolute atomic E-state index is 12.2. The average Bonchev–Trinajstić information content (AvgIpc) is 2.83. The minimum atomic E-state index is 0.133. The molecule has 1 aromatic rings. The van der Waals surface area contributed by atoms with Gasteiger partial charge in [0.1, 0.15) is 12.9 Å². The average molecular weight is 263 g/mol.